The molecule has 3 atom stereocenters. The van der Waals surface area contributed by atoms with E-state index >= 15 is 0 Å². The summed E-state index contributed by atoms with van der Waals surface area (Å²) in [7, 11) is -2.45. The molecule has 0 spiro atoms. The van der Waals surface area contributed by atoms with Gasteiger partial charge in [0.05, 0.1) is 16.8 Å². The predicted molar refractivity (Wildman–Crippen MR) is 101 cm³/mol. The van der Waals surface area contributed by atoms with Crippen molar-refractivity contribution in [2.45, 2.75) is 23.0 Å². The third-order valence-electron chi connectivity index (χ3n) is 4.95. The number of rotatable bonds is 6. The van der Waals surface area contributed by atoms with Gasteiger partial charge in [-0.25, -0.2) is 8.42 Å². The van der Waals surface area contributed by atoms with Crippen LogP contribution in [-0.4, -0.2) is 38.5 Å². The zero-order valence-corrected chi connectivity index (χ0v) is 16.7. The lowest BCUT2D eigenvalue weighted by Crippen LogP contribution is -2.28. The van der Waals surface area contributed by atoms with Crippen molar-refractivity contribution in [3.63, 3.8) is 0 Å². The molecule has 7 heteroatoms. The molecule has 5 nitrogen and oxygen atoms in total. The maximum atomic E-state index is 13.2. The molecule has 3 rings (SSSR count). The number of hydrogen-bond acceptors (Lipinski definition) is 4. The fourth-order valence-corrected chi connectivity index (χ4v) is 6.23. The Morgan fingerprint density at radius 3 is 2.23 bits per heavy atom. The van der Waals surface area contributed by atoms with E-state index in [0.29, 0.717) is 5.56 Å². The molecule has 0 bridgehead atoms. The first-order valence-electron chi connectivity index (χ1n) is 8.03. The van der Waals surface area contributed by atoms with E-state index < -0.39 is 32.4 Å². The van der Waals surface area contributed by atoms with Crippen molar-refractivity contribution in [2.75, 3.05) is 13.7 Å². The normalized spacial score (nSPS) is 25.0. The van der Waals surface area contributed by atoms with Crippen LogP contribution in [0.3, 0.4) is 0 Å². The first-order chi connectivity index (χ1) is 12.2. The molecular weight excluding hydrogens is 420 g/mol. The molecule has 0 unspecified atom stereocenters. The maximum Gasteiger partial charge on any atom is 0.314 e. The molecule has 1 N–H and O–H groups in total. The van der Waals surface area contributed by atoms with Gasteiger partial charge >= 0.3 is 5.97 Å². The summed E-state index contributed by atoms with van der Waals surface area (Å²) in [6.45, 7) is 1.70. The molecule has 0 amide bonds. The topological polar surface area (TPSA) is 80.7 Å². The summed E-state index contributed by atoms with van der Waals surface area (Å²) in [5.74, 6) is -1.83. The van der Waals surface area contributed by atoms with E-state index in [9.17, 15) is 18.3 Å². The van der Waals surface area contributed by atoms with Gasteiger partial charge in [0, 0.05) is 17.5 Å². The number of aryl methyl sites for hydroxylation is 1. The number of carboxylic acid groups (broad SMARTS) is 1. The van der Waals surface area contributed by atoms with Gasteiger partial charge in [-0.1, -0.05) is 45.8 Å². The lowest BCUT2D eigenvalue weighted by atomic mass is 10.0. The summed E-state index contributed by atoms with van der Waals surface area (Å²) in [6, 6.07) is 13.6. The fraction of sp³-hybridized carbons (Fsp3) is 0.316. The monoisotopic (exact) mass is 438 g/mol. The van der Waals surface area contributed by atoms with Crippen LogP contribution >= 0.6 is 15.9 Å². The SMILES string of the molecule is COC[C@]1(C(=O)O)[C@@H](c2ccc(Br)cc2)[C@@H]1S(=O)(=O)c1ccc(C)cc1. The number of hydrogen-bond donors (Lipinski definition) is 1. The molecule has 138 valence electrons. The van der Waals surface area contributed by atoms with Gasteiger partial charge in [-0.2, -0.15) is 0 Å². The van der Waals surface area contributed by atoms with E-state index in [1.54, 1.807) is 36.4 Å². The van der Waals surface area contributed by atoms with Crippen molar-refractivity contribution >= 4 is 31.7 Å². The highest BCUT2D eigenvalue weighted by atomic mass is 79.9. The number of methoxy groups -OCH3 is 1. The van der Waals surface area contributed by atoms with Crippen LogP contribution in [0.25, 0.3) is 0 Å². The number of halogens is 1. The Bertz CT molecular complexity index is 921. The Balaban J connectivity index is 2.11. The van der Waals surface area contributed by atoms with Crippen molar-refractivity contribution in [2.24, 2.45) is 5.41 Å². The highest BCUT2D eigenvalue weighted by Gasteiger charge is 2.76. The molecule has 2 aromatic carbocycles. The van der Waals surface area contributed by atoms with Crippen LogP contribution in [0.15, 0.2) is 57.9 Å². The Kier molecular flexibility index (Phi) is 4.98. The molecule has 1 saturated carbocycles. The molecule has 2 aromatic rings. The van der Waals surface area contributed by atoms with Crippen LogP contribution < -0.4 is 0 Å². The van der Waals surface area contributed by atoms with Crippen molar-refractivity contribution in [3.05, 3.63) is 64.1 Å². The summed E-state index contributed by atoms with van der Waals surface area (Å²) in [4.78, 5) is 12.2. The van der Waals surface area contributed by atoms with E-state index in [0.717, 1.165) is 10.0 Å². The molecule has 0 saturated heterocycles. The lowest BCUT2D eigenvalue weighted by Gasteiger charge is -2.12. The average Bonchev–Trinajstić information content (AvgIpc) is 3.27. The lowest BCUT2D eigenvalue weighted by molar-refractivity contribution is -0.145. The first-order valence-corrected chi connectivity index (χ1v) is 10.4. The van der Waals surface area contributed by atoms with Crippen LogP contribution in [0.2, 0.25) is 0 Å². The molecule has 0 radical (unpaired) electrons. The maximum absolute atomic E-state index is 13.2. The Morgan fingerprint density at radius 1 is 1.15 bits per heavy atom. The number of ether oxygens (including phenoxy) is 1. The number of carbonyl (C=O) groups is 1. The van der Waals surface area contributed by atoms with Gasteiger partial charge < -0.3 is 9.84 Å². The molecule has 0 heterocycles. The van der Waals surface area contributed by atoms with E-state index in [2.05, 4.69) is 15.9 Å². The Hall–Kier alpha value is -1.70. The van der Waals surface area contributed by atoms with Gasteiger partial charge in [-0.15, -0.1) is 0 Å². The van der Waals surface area contributed by atoms with Crippen LogP contribution in [0.4, 0.5) is 0 Å². The van der Waals surface area contributed by atoms with E-state index in [-0.39, 0.29) is 11.5 Å². The number of aliphatic carboxylic acids is 1. The van der Waals surface area contributed by atoms with Crippen LogP contribution in [0.5, 0.6) is 0 Å². The third-order valence-corrected chi connectivity index (χ3v) is 7.77. The second-order valence-electron chi connectivity index (χ2n) is 6.59. The van der Waals surface area contributed by atoms with E-state index in [4.69, 9.17) is 4.74 Å². The molecule has 0 aliphatic heterocycles. The first kappa shape index (κ1) is 19.1. The molecular formula is C19H19BrO5S. The minimum Gasteiger partial charge on any atom is -0.481 e. The highest BCUT2D eigenvalue weighted by Crippen LogP contribution is 2.64. The number of sulfone groups is 1. The smallest absolute Gasteiger partial charge is 0.314 e. The van der Waals surface area contributed by atoms with Crippen LogP contribution in [0, 0.1) is 12.3 Å². The molecule has 1 aliphatic rings. The average molecular weight is 439 g/mol. The van der Waals surface area contributed by atoms with Crippen molar-refractivity contribution in [1.29, 1.82) is 0 Å². The quantitative estimate of drug-likeness (QED) is 0.746. The standard InChI is InChI=1S/C19H19BrO5S/c1-12-3-9-15(10-4-12)26(23,24)17-16(13-5-7-14(20)8-6-13)19(17,11-25-2)18(21)22/h3-10,16-17H,11H2,1-2H3,(H,21,22)/t16-,17-,19-/m0/s1. The summed E-state index contributed by atoms with van der Waals surface area (Å²) >= 11 is 3.34. The third kappa shape index (κ3) is 2.98. The summed E-state index contributed by atoms with van der Waals surface area (Å²) in [5.41, 5.74) is 0.116. The van der Waals surface area contributed by atoms with Gasteiger partial charge in [-0.3, -0.25) is 4.79 Å². The predicted octanol–water partition coefficient (Wildman–Crippen LogP) is 3.41. The van der Waals surface area contributed by atoms with E-state index in [1.807, 2.05) is 6.92 Å². The molecule has 26 heavy (non-hydrogen) atoms. The van der Waals surface area contributed by atoms with Gasteiger partial charge in [0.15, 0.2) is 9.84 Å². The van der Waals surface area contributed by atoms with Crippen molar-refractivity contribution < 1.29 is 23.1 Å². The minimum absolute atomic E-state index is 0.134. The van der Waals surface area contributed by atoms with Gasteiger partial charge in [0.2, 0.25) is 0 Å². The summed E-state index contributed by atoms with van der Waals surface area (Å²) in [5, 5.41) is 8.82. The van der Waals surface area contributed by atoms with E-state index in [1.165, 1.54) is 19.2 Å². The molecule has 1 fully saturated rings. The number of benzene rings is 2. The molecule has 1 aliphatic carbocycles. The largest absolute Gasteiger partial charge is 0.481 e. The Labute approximate surface area is 161 Å². The highest BCUT2D eigenvalue weighted by molar-refractivity contribution is 9.10. The van der Waals surface area contributed by atoms with Crippen molar-refractivity contribution in [3.8, 4) is 0 Å². The fourth-order valence-electron chi connectivity index (χ4n) is 3.60. The van der Waals surface area contributed by atoms with Crippen LogP contribution in [0.1, 0.15) is 17.0 Å². The zero-order chi connectivity index (χ0) is 19.1. The van der Waals surface area contributed by atoms with Gasteiger partial charge in [0.1, 0.15) is 5.41 Å². The summed E-state index contributed by atoms with van der Waals surface area (Å²) < 4.78 is 32.4. The second-order valence-corrected chi connectivity index (χ2v) is 9.57. The second kappa shape index (κ2) is 6.79. The minimum atomic E-state index is -3.84. The Morgan fingerprint density at radius 2 is 1.73 bits per heavy atom. The molecule has 0 aromatic heterocycles. The zero-order valence-electron chi connectivity index (χ0n) is 14.3. The number of carboxylic acids is 1. The van der Waals surface area contributed by atoms with Crippen LogP contribution in [-0.2, 0) is 19.4 Å². The van der Waals surface area contributed by atoms with Gasteiger partial charge in [-0.05, 0) is 36.8 Å². The van der Waals surface area contributed by atoms with Crippen molar-refractivity contribution in [1.82, 2.24) is 0 Å². The summed E-state index contributed by atoms with van der Waals surface area (Å²) in [6.07, 6.45) is 0. The van der Waals surface area contributed by atoms with Gasteiger partial charge in [0.25, 0.3) is 0 Å².